The molecule has 0 radical (unpaired) electrons. The molecule has 0 aliphatic heterocycles. The third kappa shape index (κ3) is 6.86. The first-order valence-electron chi connectivity index (χ1n) is 5.12. The molecule has 4 nitrogen and oxygen atoms in total. The molecule has 0 aliphatic carbocycles. The quantitative estimate of drug-likeness (QED) is 0.475. The van der Waals surface area contributed by atoms with Crippen molar-refractivity contribution in [2.75, 3.05) is 19.8 Å². The normalized spacial score (nSPS) is 12.5. The van der Waals surface area contributed by atoms with Crippen LogP contribution in [0.5, 0.6) is 0 Å². The zero-order chi connectivity index (χ0) is 10.8. The second-order valence-electron chi connectivity index (χ2n) is 2.99. The summed E-state index contributed by atoms with van der Waals surface area (Å²) in [5.74, 6) is -0.187. The van der Waals surface area contributed by atoms with Gasteiger partial charge in [0, 0.05) is 13.0 Å². The van der Waals surface area contributed by atoms with Crippen molar-refractivity contribution in [2.45, 2.75) is 39.2 Å². The Kier molecular flexibility index (Phi) is 8.57. The Balaban J connectivity index is 3.32. The van der Waals surface area contributed by atoms with E-state index in [1.54, 1.807) is 6.92 Å². The van der Waals surface area contributed by atoms with Crippen LogP contribution >= 0.6 is 0 Å². The zero-order valence-electron chi connectivity index (χ0n) is 8.99. The van der Waals surface area contributed by atoms with Crippen molar-refractivity contribution in [3.63, 3.8) is 0 Å². The molecule has 0 aliphatic rings. The SMILES string of the molecule is CCOC(=O)CCCOC(CC)CO. The standard InChI is InChI=1S/C10H20O4/c1-3-9(8-11)14-7-5-6-10(12)13-4-2/h9,11H,3-8H2,1-2H3. The van der Waals surface area contributed by atoms with Gasteiger partial charge in [-0.05, 0) is 19.8 Å². The van der Waals surface area contributed by atoms with E-state index < -0.39 is 0 Å². The molecule has 0 spiro atoms. The minimum Gasteiger partial charge on any atom is -0.466 e. The highest BCUT2D eigenvalue weighted by Gasteiger charge is 2.05. The molecule has 0 aromatic rings. The number of carbonyl (C=O) groups is 1. The van der Waals surface area contributed by atoms with Crippen molar-refractivity contribution in [2.24, 2.45) is 0 Å². The maximum Gasteiger partial charge on any atom is 0.305 e. The van der Waals surface area contributed by atoms with Gasteiger partial charge in [-0.2, -0.15) is 0 Å². The van der Waals surface area contributed by atoms with Crippen LogP contribution in [-0.2, 0) is 14.3 Å². The number of aliphatic hydroxyl groups excluding tert-OH is 1. The van der Waals surface area contributed by atoms with Gasteiger partial charge >= 0.3 is 5.97 Å². The van der Waals surface area contributed by atoms with Crippen molar-refractivity contribution < 1.29 is 19.4 Å². The Labute approximate surface area is 85.2 Å². The lowest BCUT2D eigenvalue weighted by molar-refractivity contribution is -0.143. The summed E-state index contributed by atoms with van der Waals surface area (Å²) >= 11 is 0. The lowest BCUT2D eigenvalue weighted by atomic mass is 10.3. The van der Waals surface area contributed by atoms with Crippen molar-refractivity contribution in [3.8, 4) is 0 Å². The van der Waals surface area contributed by atoms with Crippen LogP contribution in [-0.4, -0.2) is 37.0 Å². The molecule has 1 N–H and O–H groups in total. The molecular formula is C10H20O4. The summed E-state index contributed by atoms with van der Waals surface area (Å²) in [6.07, 6.45) is 1.72. The second-order valence-corrected chi connectivity index (χ2v) is 2.99. The van der Waals surface area contributed by atoms with E-state index in [0.717, 1.165) is 6.42 Å². The molecule has 0 fully saturated rings. The molecule has 0 heterocycles. The van der Waals surface area contributed by atoms with E-state index in [1.807, 2.05) is 6.92 Å². The van der Waals surface area contributed by atoms with Crippen LogP contribution < -0.4 is 0 Å². The van der Waals surface area contributed by atoms with Gasteiger partial charge in [0.15, 0.2) is 0 Å². The highest BCUT2D eigenvalue weighted by molar-refractivity contribution is 5.69. The summed E-state index contributed by atoms with van der Waals surface area (Å²) in [4.78, 5) is 10.9. The first kappa shape index (κ1) is 13.4. The monoisotopic (exact) mass is 204 g/mol. The fourth-order valence-electron chi connectivity index (χ4n) is 0.999. The third-order valence-corrected chi connectivity index (χ3v) is 1.84. The second kappa shape index (κ2) is 8.97. The van der Waals surface area contributed by atoms with Gasteiger partial charge in [0.2, 0.25) is 0 Å². The molecule has 0 amide bonds. The first-order valence-corrected chi connectivity index (χ1v) is 5.12. The largest absolute Gasteiger partial charge is 0.466 e. The van der Waals surface area contributed by atoms with Crippen LogP contribution in [0.25, 0.3) is 0 Å². The third-order valence-electron chi connectivity index (χ3n) is 1.84. The highest BCUT2D eigenvalue weighted by atomic mass is 16.5. The van der Waals surface area contributed by atoms with Crippen LogP contribution in [0, 0.1) is 0 Å². The van der Waals surface area contributed by atoms with Crippen LogP contribution in [0.4, 0.5) is 0 Å². The Morgan fingerprint density at radius 2 is 2.14 bits per heavy atom. The number of ether oxygens (including phenoxy) is 2. The van der Waals surface area contributed by atoms with E-state index >= 15 is 0 Å². The smallest absolute Gasteiger partial charge is 0.305 e. The fourth-order valence-corrected chi connectivity index (χ4v) is 0.999. The predicted molar refractivity (Wildman–Crippen MR) is 53.0 cm³/mol. The van der Waals surface area contributed by atoms with Gasteiger partial charge in [-0.1, -0.05) is 6.92 Å². The summed E-state index contributed by atoms with van der Waals surface area (Å²) in [5.41, 5.74) is 0. The van der Waals surface area contributed by atoms with E-state index in [-0.39, 0.29) is 18.7 Å². The van der Waals surface area contributed by atoms with Crippen molar-refractivity contribution in [1.82, 2.24) is 0 Å². The minimum atomic E-state index is -0.187. The van der Waals surface area contributed by atoms with Gasteiger partial charge in [-0.15, -0.1) is 0 Å². The maximum atomic E-state index is 10.9. The Bertz CT molecular complexity index is 143. The van der Waals surface area contributed by atoms with Gasteiger partial charge in [0.05, 0.1) is 19.3 Å². The van der Waals surface area contributed by atoms with E-state index in [0.29, 0.717) is 26.1 Å². The Morgan fingerprint density at radius 1 is 1.43 bits per heavy atom. The Hall–Kier alpha value is -0.610. The number of carbonyl (C=O) groups excluding carboxylic acids is 1. The first-order chi connectivity index (χ1) is 6.74. The summed E-state index contributed by atoms with van der Waals surface area (Å²) in [6, 6.07) is 0. The van der Waals surface area contributed by atoms with Crippen molar-refractivity contribution in [3.05, 3.63) is 0 Å². The fraction of sp³-hybridized carbons (Fsp3) is 0.900. The topological polar surface area (TPSA) is 55.8 Å². The van der Waals surface area contributed by atoms with Gasteiger partial charge in [0.25, 0.3) is 0 Å². The summed E-state index contributed by atoms with van der Waals surface area (Å²) in [7, 11) is 0. The van der Waals surface area contributed by atoms with Crippen LogP contribution in [0.1, 0.15) is 33.1 Å². The summed E-state index contributed by atoms with van der Waals surface area (Å²) < 4.78 is 10.1. The van der Waals surface area contributed by atoms with E-state index in [1.165, 1.54) is 0 Å². The molecule has 0 aromatic carbocycles. The van der Waals surface area contributed by atoms with Gasteiger partial charge in [-0.3, -0.25) is 4.79 Å². The van der Waals surface area contributed by atoms with Gasteiger partial charge in [0.1, 0.15) is 0 Å². The summed E-state index contributed by atoms with van der Waals surface area (Å²) in [6.45, 7) is 4.70. The number of hydrogen-bond donors (Lipinski definition) is 1. The average molecular weight is 204 g/mol. The highest BCUT2D eigenvalue weighted by Crippen LogP contribution is 2.00. The number of esters is 1. The van der Waals surface area contributed by atoms with Crippen LogP contribution in [0.3, 0.4) is 0 Å². The molecular weight excluding hydrogens is 184 g/mol. The maximum absolute atomic E-state index is 10.9. The molecule has 0 aromatic heterocycles. The van der Waals surface area contributed by atoms with Crippen LogP contribution in [0.15, 0.2) is 0 Å². The minimum absolute atomic E-state index is 0.0376. The van der Waals surface area contributed by atoms with Crippen molar-refractivity contribution >= 4 is 5.97 Å². The molecule has 1 atom stereocenters. The lowest BCUT2D eigenvalue weighted by Gasteiger charge is -2.12. The number of hydrogen-bond acceptors (Lipinski definition) is 4. The molecule has 14 heavy (non-hydrogen) atoms. The van der Waals surface area contributed by atoms with Crippen molar-refractivity contribution in [1.29, 1.82) is 0 Å². The van der Waals surface area contributed by atoms with Crippen LogP contribution in [0.2, 0.25) is 0 Å². The molecule has 0 saturated heterocycles. The zero-order valence-corrected chi connectivity index (χ0v) is 8.99. The molecule has 0 rings (SSSR count). The Morgan fingerprint density at radius 3 is 2.64 bits per heavy atom. The van der Waals surface area contributed by atoms with E-state index in [4.69, 9.17) is 14.6 Å². The molecule has 1 unspecified atom stereocenters. The molecule has 4 heteroatoms. The van der Waals surface area contributed by atoms with Gasteiger partial charge in [-0.25, -0.2) is 0 Å². The molecule has 0 bridgehead atoms. The molecule has 0 saturated carbocycles. The average Bonchev–Trinajstić information content (AvgIpc) is 2.19. The van der Waals surface area contributed by atoms with Gasteiger partial charge < -0.3 is 14.6 Å². The number of rotatable bonds is 8. The lowest BCUT2D eigenvalue weighted by Crippen LogP contribution is -2.17. The number of aliphatic hydroxyl groups is 1. The predicted octanol–water partition coefficient (Wildman–Crippen LogP) is 1.12. The molecule has 84 valence electrons. The summed E-state index contributed by atoms with van der Waals surface area (Å²) in [5, 5.41) is 8.80. The van der Waals surface area contributed by atoms with E-state index in [2.05, 4.69) is 0 Å². The van der Waals surface area contributed by atoms with E-state index in [9.17, 15) is 4.79 Å².